The number of amides is 1. The van der Waals surface area contributed by atoms with E-state index in [1.165, 1.54) is 10.6 Å². The van der Waals surface area contributed by atoms with E-state index in [4.69, 9.17) is 23.1 Å². The number of benzene rings is 2. The van der Waals surface area contributed by atoms with Crippen molar-refractivity contribution in [2.75, 3.05) is 0 Å². The van der Waals surface area contributed by atoms with Crippen LogP contribution in [0.2, 0.25) is 5.02 Å². The largest absolute Gasteiger partial charge is 0.366 e. The Morgan fingerprint density at radius 1 is 1.30 bits per heavy atom. The Morgan fingerprint density at radius 3 is 2.70 bits per heavy atom. The second-order valence-electron chi connectivity index (χ2n) is 6.67. The van der Waals surface area contributed by atoms with Gasteiger partial charge in [0.05, 0.1) is 27.7 Å². The summed E-state index contributed by atoms with van der Waals surface area (Å²) < 4.78 is 15.1. The molecule has 1 atom stereocenters. The number of nitrogens with zero attached hydrogens (tertiary/aromatic N) is 2. The monoisotopic (exact) mass is 386 g/mol. The number of fused-ring (bicyclic) bond motifs is 1. The van der Waals surface area contributed by atoms with Gasteiger partial charge in [-0.25, -0.2) is 9.37 Å². The molecule has 3 aromatic rings. The van der Waals surface area contributed by atoms with Gasteiger partial charge < -0.3 is 11.5 Å². The average molecular weight is 387 g/mol. The Labute approximate surface area is 158 Å². The van der Waals surface area contributed by atoms with Gasteiger partial charge in [0.2, 0.25) is 5.91 Å². The first-order chi connectivity index (χ1) is 12.9. The highest BCUT2D eigenvalue weighted by Gasteiger charge is 2.33. The van der Waals surface area contributed by atoms with E-state index in [-0.39, 0.29) is 27.4 Å². The lowest BCUT2D eigenvalue weighted by atomic mass is 10.1. The van der Waals surface area contributed by atoms with E-state index in [1.54, 1.807) is 18.2 Å². The molecule has 4 N–H and O–H groups in total. The summed E-state index contributed by atoms with van der Waals surface area (Å²) in [7, 11) is 0. The topological polar surface area (TPSA) is 104 Å². The molecule has 1 heterocycles. The van der Waals surface area contributed by atoms with Gasteiger partial charge in [-0.1, -0.05) is 17.7 Å². The van der Waals surface area contributed by atoms with Crippen LogP contribution in [0, 0.1) is 11.7 Å². The summed E-state index contributed by atoms with van der Waals surface area (Å²) in [6.07, 6.45) is 1.88. The molecule has 1 aromatic heterocycles. The molecule has 4 rings (SSSR count). The number of primary amides is 1. The van der Waals surface area contributed by atoms with Gasteiger partial charge in [0.1, 0.15) is 11.6 Å². The van der Waals surface area contributed by atoms with Crippen molar-refractivity contribution in [3.8, 4) is 5.69 Å². The fourth-order valence-electron chi connectivity index (χ4n) is 3.17. The fraction of sp³-hybridized carbons (Fsp3) is 0.211. The number of carbonyl (C=O) groups excluding carboxylic acids is 1. The zero-order valence-corrected chi connectivity index (χ0v) is 14.9. The number of nitrogens with two attached hydrogens (primary N) is 2. The Hall–Kier alpha value is -2.77. The molecule has 0 spiro atoms. The molecule has 0 saturated heterocycles. The molecular formula is C19H16ClFN4O2. The smallest absolute Gasteiger partial charge is 0.266 e. The van der Waals surface area contributed by atoms with Crippen LogP contribution in [0.4, 0.5) is 4.39 Å². The molecule has 1 fully saturated rings. The lowest BCUT2D eigenvalue weighted by molar-refractivity contribution is 0.1000. The minimum Gasteiger partial charge on any atom is -0.366 e. The highest BCUT2D eigenvalue weighted by atomic mass is 35.5. The second kappa shape index (κ2) is 6.44. The number of rotatable bonds is 4. The third-order valence-corrected chi connectivity index (χ3v) is 5.02. The maximum absolute atomic E-state index is 13.8. The van der Waals surface area contributed by atoms with Gasteiger partial charge in [-0.3, -0.25) is 14.2 Å². The number of carbonyl (C=O) groups is 1. The molecule has 1 saturated carbocycles. The van der Waals surface area contributed by atoms with Crippen LogP contribution < -0.4 is 17.0 Å². The molecule has 0 aliphatic heterocycles. The Kier molecular flexibility index (Phi) is 4.20. The van der Waals surface area contributed by atoms with Crippen molar-refractivity contribution >= 4 is 28.4 Å². The molecule has 1 aliphatic rings. The third-order valence-electron chi connectivity index (χ3n) is 4.73. The van der Waals surface area contributed by atoms with E-state index in [1.807, 2.05) is 0 Å². The normalized spacial score (nSPS) is 15.1. The predicted octanol–water partition coefficient (Wildman–Crippen LogP) is 2.69. The quantitative estimate of drug-likeness (QED) is 0.719. The molecule has 6 nitrogen and oxygen atoms in total. The van der Waals surface area contributed by atoms with Crippen LogP contribution in [0.5, 0.6) is 0 Å². The number of halogens is 2. The zero-order valence-electron chi connectivity index (χ0n) is 14.2. The van der Waals surface area contributed by atoms with Crippen LogP contribution in [-0.2, 0) is 0 Å². The summed E-state index contributed by atoms with van der Waals surface area (Å²) in [5, 5.41) is 0.0839. The van der Waals surface area contributed by atoms with E-state index in [9.17, 15) is 14.0 Å². The van der Waals surface area contributed by atoms with Crippen LogP contribution in [-0.4, -0.2) is 15.5 Å². The maximum Gasteiger partial charge on any atom is 0.266 e. The molecule has 138 valence electrons. The van der Waals surface area contributed by atoms with Crippen LogP contribution in [0.3, 0.4) is 0 Å². The maximum atomic E-state index is 13.8. The molecular weight excluding hydrogens is 371 g/mol. The van der Waals surface area contributed by atoms with Gasteiger partial charge in [0.15, 0.2) is 0 Å². The molecule has 27 heavy (non-hydrogen) atoms. The lowest BCUT2D eigenvalue weighted by Gasteiger charge is -2.19. The molecule has 1 aliphatic carbocycles. The molecule has 1 amide bonds. The van der Waals surface area contributed by atoms with Crippen molar-refractivity contribution in [3.05, 3.63) is 69.0 Å². The first kappa shape index (κ1) is 17.6. The van der Waals surface area contributed by atoms with Crippen molar-refractivity contribution < 1.29 is 9.18 Å². The average Bonchev–Trinajstić information content (AvgIpc) is 3.47. The van der Waals surface area contributed by atoms with E-state index in [2.05, 4.69) is 4.98 Å². The van der Waals surface area contributed by atoms with E-state index >= 15 is 0 Å². The van der Waals surface area contributed by atoms with Gasteiger partial charge >= 0.3 is 0 Å². The first-order valence-electron chi connectivity index (χ1n) is 8.44. The van der Waals surface area contributed by atoms with E-state index in [0.717, 1.165) is 25.0 Å². The van der Waals surface area contributed by atoms with Gasteiger partial charge in [0.25, 0.3) is 5.56 Å². The van der Waals surface area contributed by atoms with E-state index in [0.29, 0.717) is 11.5 Å². The van der Waals surface area contributed by atoms with Crippen LogP contribution in [0.15, 0.2) is 41.2 Å². The minimum absolute atomic E-state index is 0.0382. The summed E-state index contributed by atoms with van der Waals surface area (Å²) in [6.45, 7) is 0. The summed E-state index contributed by atoms with van der Waals surface area (Å²) in [4.78, 5) is 29.3. The number of hydrogen-bond donors (Lipinski definition) is 2. The van der Waals surface area contributed by atoms with Crippen molar-refractivity contribution in [2.24, 2.45) is 17.4 Å². The lowest BCUT2D eigenvalue weighted by Crippen LogP contribution is -2.29. The van der Waals surface area contributed by atoms with Crippen molar-refractivity contribution in [1.29, 1.82) is 0 Å². The predicted molar refractivity (Wildman–Crippen MR) is 100 cm³/mol. The fourth-order valence-corrected chi connectivity index (χ4v) is 3.42. The van der Waals surface area contributed by atoms with Crippen molar-refractivity contribution in [3.63, 3.8) is 0 Å². The van der Waals surface area contributed by atoms with Gasteiger partial charge in [0, 0.05) is 5.56 Å². The van der Waals surface area contributed by atoms with Gasteiger partial charge in [-0.05, 0) is 49.1 Å². The highest BCUT2D eigenvalue weighted by Crippen LogP contribution is 2.39. The van der Waals surface area contributed by atoms with Crippen molar-refractivity contribution in [2.45, 2.75) is 18.9 Å². The molecule has 8 heteroatoms. The summed E-state index contributed by atoms with van der Waals surface area (Å²) in [5.74, 6) is -0.729. The Morgan fingerprint density at radius 2 is 2.04 bits per heavy atom. The molecule has 0 radical (unpaired) electrons. The summed E-state index contributed by atoms with van der Waals surface area (Å²) in [6, 6.07) is 8.00. The molecule has 0 bridgehead atoms. The number of hydrogen-bond acceptors (Lipinski definition) is 4. The zero-order chi connectivity index (χ0) is 19.3. The minimum atomic E-state index is -0.636. The SMILES string of the molecule is NC(=O)c1cccc(-n2c(C(N)C3CC3)nc3c(Cl)cc(F)cc3c2=O)c1. The van der Waals surface area contributed by atoms with Gasteiger partial charge in [-0.2, -0.15) is 0 Å². The Balaban J connectivity index is 2.06. The van der Waals surface area contributed by atoms with Crippen LogP contribution in [0.1, 0.15) is 35.1 Å². The highest BCUT2D eigenvalue weighted by molar-refractivity contribution is 6.35. The molecule has 2 aromatic carbocycles. The molecule has 1 unspecified atom stereocenters. The summed E-state index contributed by atoms with van der Waals surface area (Å²) >= 11 is 6.12. The van der Waals surface area contributed by atoms with Gasteiger partial charge in [-0.15, -0.1) is 0 Å². The number of aromatic nitrogens is 2. The van der Waals surface area contributed by atoms with Crippen LogP contribution >= 0.6 is 11.6 Å². The third kappa shape index (κ3) is 3.09. The standard InChI is InChI=1S/C19H16ClFN4O2/c20-14-8-11(21)7-13-16(14)24-18(15(22)9-4-5-9)25(19(13)27)12-3-1-2-10(6-12)17(23)26/h1-3,6-9,15H,4-5,22H2,(H2,23,26). The summed E-state index contributed by atoms with van der Waals surface area (Å²) in [5.41, 5.74) is 12.0. The van der Waals surface area contributed by atoms with E-state index < -0.39 is 23.3 Å². The van der Waals surface area contributed by atoms with Crippen LogP contribution in [0.25, 0.3) is 16.6 Å². The second-order valence-corrected chi connectivity index (χ2v) is 7.08. The Bertz CT molecular complexity index is 1140. The van der Waals surface area contributed by atoms with Crippen molar-refractivity contribution in [1.82, 2.24) is 9.55 Å². The first-order valence-corrected chi connectivity index (χ1v) is 8.82.